The van der Waals surface area contributed by atoms with Crippen LogP contribution in [0.25, 0.3) is 0 Å². The van der Waals surface area contributed by atoms with Crippen molar-refractivity contribution >= 4 is 5.97 Å². The summed E-state index contributed by atoms with van der Waals surface area (Å²) in [5, 5.41) is 8.28. The number of carboxylic acids is 1. The number of carbonyl (C=O) groups is 1. The van der Waals surface area contributed by atoms with Crippen molar-refractivity contribution in [2.75, 3.05) is 0 Å². The molecule has 0 radical (unpaired) electrons. The van der Waals surface area contributed by atoms with Gasteiger partial charge in [0.05, 0.1) is 0 Å². The van der Waals surface area contributed by atoms with Gasteiger partial charge < -0.3 is 5.11 Å². The highest BCUT2D eigenvalue weighted by atomic mass is 16.4. The second-order valence-corrected chi connectivity index (χ2v) is 2.28. The summed E-state index contributed by atoms with van der Waals surface area (Å²) in [6, 6.07) is 0. The number of rotatable bonds is 4. The quantitative estimate of drug-likeness (QED) is 0.605. The van der Waals surface area contributed by atoms with Crippen molar-refractivity contribution in [3.63, 3.8) is 0 Å². The van der Waals surface area contributed by atoms with E-state index < -0.39 is 5.97 Å². The smallest absolute Gasteiger partial charge is 0.303 e. The van der Waals surface area contributed by atoms with Crippen LogP contribution in [0, 0.1) is 5.92 Å². The summed E-state index contributed by atoms with van der Waals surface area (Å²) in [5.74, 6) is -0.474. The van der Waals surface area contributed by atoms with Crippen LogP contribution in [0.15, 0.2) is 18.4 Å². The number of allylic oxidation sites excluding steroid dienone is 1. The van der Waals surface area contributed by atoms with Gasteiger partial charge >= 0.3 is 5.97 Å². The zero-order valence-electron chi connectivity index (χ0n) is 6.13. The molecule has 2 nitrogen and oxygen atoms in total. The Morgan fingerprint density at radius 3 is 2.90 bits per heavy atom. The summed E-state index contributed by atoms with van der Waals surface area (Å²) in [6.45, 7) is 5.35. The first-order chi connectivity index (χ1) is 4.66. The van der Waals surface area contributed by atoms with Gasteiger partial charge in [-0.05, 0) is 18.4 Å². The molecule has 0 saturated carbocycles. The molecule has 0 aromatic heterocycles. The minimum absolute atomic E-state index is 0.222. The summed E-state index contributed by atoms with van der Waals surface area (Å²) in [4.78, 5) is 10.1. The van der Waals surface area contributed by atoms with Crippen molar-refractivity contribution in [3.8, 4) is 0 Å². The van der Waals surface area contributed by atoms with E-state index in [1.807, 2.05) is 6.92 Å². The Morgan fingerprint density at radius 1 is 1.90 bits per heavy atom. The molecule has 0 aliphatic rings. The van der Waals surface area contributed by atoms with Gasteiger partial charge in [0.2, 0.25) is 0 Å². The minimum Gasteiger partial charge on any atom is -0.481 e. The van der Waals surface area contributed by atoms with Crippen LogP contribution in [0.5, 0.6) is 0 Å². The largest absolute Gasteiger partial charge is 0.481 e. The average molecular weight is 140 g/mol. The van der Waals surface area contributed by atoms with Gasteiger partial charge in [-0.2, -0.15) is 0 Å². The summed E-state index contributed by atoms with van der Waals surface area (Å²) in [7, 11) is 0. The van der Waals surface area contributed by atoms with Crippen molar-refractivity contribution in [3.05, 3.63) is 18.4 Å². The third-order valence-corrected chi connectivity index (χ3v) is 1.22. The van der Waals surface area contributed by atoms with Crippen LogP contribution in [0.4, 0.5) is 0 Å². The SMILES string of the molecule is C=C=CC(C)CCC(=O)O. The molecule has 0 bridgehead atoms. The van der Waals surface area contributed by atoms with Crippen LogP contribution >= 0.6 is 0 Å². The summed E-state index contributed by atoms with van der Waals surface area (Å²) >= 11 is 0. The lowest BCUT2D eigenvalue weighted by Crippen LogP contribution is -1.98. The zero-order valence-corrected chi connectivity index (χ0v) is 6.13. The zero-order chi connectivity index (χ0) is 7.98. The molecule has 0 aliphatic heterocycles. The van der Waals surface area contributed by atoms with Gasteiger partial charge in [-0.1, -0.05) is 13.5 Å². The van der Waals surface area contributed by atoms with Gasteiger partial charge in [0.15, 0.2) is 0 Å². The van der Waals surface area contributed by atoms with Gasteiger partial charge in [0.1, 0.15) is 0 Å². The molecule has 1 unspecified atom stereocenters. The van der Waals surface area contributed by atoms with E-state index in [4.69, 9.17) is 5.11 Å². The van der Waals surface area contributed by atoms with E-state index >= 15 is 0 Å². The Labute approximate surface area is 60.9 Å². The van der Waals surface area contributed by atoms with Crippen molar-refractivity contribution in [1.29, 1.82) is 0 Å². The fraction of sp³-hybridized carbons (Fsp3) is 0.500. The van der Waals surface area contributed by atoms with E-state index in [1.165, 1.54) is 0 Å². The third kappa shape index (κ3) is 5.13. The van der Waals surface area contributed by atoms with Gasteiger partial charge in [0.25, 0.3) is 0 Å². The molecular weight excluding hydrogens is 128 g/mol. The summed E-state index contributed by atoms with van der Waals surface area (Å²) in [5.41, 5.74) is 2.62. The van der Waals surface area contributed by atoms with Crippen molar-refractivity contribution in [1.82, 2.24) is 0 Å². The predicted octanol–water partition coefficient (Wildman–Crippen LogP) is 1.83. The third-order valence-electron chi connectivity index (χ3n) is 1.22. The standard InChI is InChI=1S/C8H12O2/c1-3-4-7(2)5-6-8(9)10/h4,7H,1,5-6H2,2H3,(H,9,10). The maximum absolute atomic E-state index is 10.1. The monoisotopic (exact) mass is 140 g/mol. The van der Waals surface area contributed by atoms with Crippen molar-refractivity contribution in [2.24, 2.45) is 5.92 Å². The first-order valence-corrected chi connectivity index (χ1v) is 3.24. The van der Waals surface area contributed by atoms with E-state index in [2.05, 4.69) is 12.3 Å². The molecule has 0 rings (SSSR count). The normalized spacial score (nSPS) is 11.7. The molecule has 0 aliphatic carbocycles. The van der Waals surface area contributed by atoms with Crippen LogP contribution in [-0.2, 0) is 4.79 Å². The van der Waals surface area contributed by atoms with Crippen molar-refractivity contribution in [2.45, 2.75) is 19.8 Å². The lowest BCUT2D eigenvalue weighted by molar-refractivity contribution is -0.137. The molecule has 0 aromatic rings. The van der Waals surface area contributed by atoms with Gasteiger partial charge in [-0.15, -0.1) is 5.73 Å². The molecule has 1 atom stereocenters. The maximum atomic E-state index is 10.1. The van der Waals surface area contributed by atoms with Gasteiger partial charge in [0, 0.05) is 6.42 Å². The fourth-order valence-corrected chi connectivity index (χ4v) is 0.636. The number of hydrogen-bond donors (Lipinski definition) is 1. The molecule has 0 saturated heterocycles. The highest BCUT2D eigenvalue weighted by molar-refractivity contribution is 5.66. The van der Waals surface area contributed by atoms with Gasteiger partial charge in [-0.3, -0.25) is 4.79 Å². The number of aliphatic carboxylic acids is 1. The Balaban J connectivity index is 3.48. The molecular formula is C8H12O2. The molecule has 1 N–H and O–H groups in total. The number of hydrogen-bond acceptors (Lipinski definition) is 1. The molecule has 0 amide bonds. The molecule has 0 spiro atoms. The number of carboxylic acid groups (broad SMARTS) is 1. The first kappa shape index (κ1) is 8.99. The predicted molar refractivity (Wildman–Crippen MR) is 39.7 cm³/mol. The van der Waals surface area contributed by atoms with E-state index in [-0.39, 0.29) is 12.3 Å². The summed E-state index contributed by atoms with van der Waals surface area (Å²) in [6.07, 6.45) is 2.67. The Kier molecular flexibility index (Phi) is 4.34. The highest BCUT2D eigenvalue weighted by Gasteiger charge is 2.00. The lowest BCUT2D eigenvalue weighted by atomic mass is 10.1. The molecule has 0 aromatic carbocycles. The highest BCUT2D eigenvalue weighted by Crippen LogP contribution is 2.05. The van der Waals surface area contributed by atoms with Gasteiger partial charge in [-0.25, -0.2) is 0 Å². The Bertz CT molecular complexity index is 155. The molecule has 0 fully saturated rings. The fourth-order valence-electron chi connectivity index (χ4n) is 0.636. The minimum atomic E-state index is -0.746. The van der Waals surface area contributed by atoms with Crippen LogP contribution in [0.3, 0.4) is 0 Å². The Hall–Kier alpha value is -1.01. The average Bonchev–Trinajstić information content (AvgIpc) is 1.85. The maximum Gasteiger partial charge on any atom is 0.303 e. The van der Waals surface area contributed by atoms with Crippen molar-refractivity contribution < 1.29 is 9.90 Å². The second-order valence-electron chi connectivity index (χ2n) is 2.28. The lowest BCUT2D eigenvalue weighted by Gasteiger charge is -1.99. The molecule has 0 heterocycles. The van der Waals surface area contributed by atoms with E-state index in [9.17, 15) is 4.79 Å². The summed E-state index contributed by atoms with van der Waals surface area (Å²) < 4.78 is 0. The Morgan fingerprint density at radius 2 is 2.50 bits per heavy atom. The second kappa shape index (κ2) is 4.83. The van der Waals surface area contributed by atoms with E-state index in [0.717, 1.165) is 0 Å². The molecule has 10 heavy (non-hydrogen) atoms. The first-order valence-electron chi connectivity index (χ1n) is 3.24. The molecule has 2 heteroatoms. The van der Waals surface area contributed by atoms with E-state index in [0.29, 0.717) is 6.42 Å². The van der Waals surface area contributed by atoms with Crippen LogP contribution < -0.4 is 0 Å². The van der Waals surface area contributed by atoms with Crippen LogP contribution in [0.2, 0.25) is 0 Å². The van der Waals surface area contributed by atoms with Crippen LogP contribution in [0.1, 0.15) is 19.8 Å². The topological polar surface area (TPSA) is 37.3 Å². The van der Waals surface area contributed by atoms with Crippen LogP contribution in [-0.4, -0.2) is 11.1 Å². The molecule has 56 valence electrons. The van der Waals surface area contributed by atoms with E-state index in [1.54, 1.807) is 6.08 Å².